The first-order valence-corrected chi connectivity index (χ1v) is 10.0. The van der Waals surface area contributed by atoms with E-state index in [1.807, 2.05) is 6.92 Å². The Kier molecular flexibility index (Phi) is 6.48. The van der Waals surface area contributed by atoms with Crippen molar-refractivity contribution in [3.8, 4) is 0 Å². The Labute approximate surface area is 170 Å². The molecule has 3 rings (SSSR count). The van der Waals surface area contributed by atoms with E-state index in [9.17, 15) is 18.4 Å². The highest BCUT2D eigenvalue weighted by Crippen LogP contribution is 2.28. The zero-order chi connectivity index (χ0) is 21.0. The average molecular weight is 419 g/mol. The zero-order valence-corrected chi connectivity index (χ0v) is 16.7. The molecule has 152 valence electrons. The highest BCUT2D eigenvalue weighted by Gasteiger charge is 2.25. The van der Waals surface area contributed by atoms with Gasteiger partial charge in [0.15, 0.2) is 5.82 Å². The maximum Gasteiger partial charge on any atom is 0.339 e. The molecule has 2 heterocycles. The number of hydrogen-bond donors (Lipinski definition) is 2. The van der Waals surface area contributed by atoms with Crippen molar-refractivity contribution >= 4 is 40.4 Å². The summed E-state index contributed by atoms with van der Waals surface area (Å²) in [6, 6.07) is 3.71. The first-order chi connectivity index (χ1) is 14.0. The summed E-state index contributed by atoms with van der Waals surface area (Å²) in [7, 11) is 0. The smallest absolute Gasteiger partial charge is 0.339 e. The van der Waals surface area contributed by atoms with Gasteiger partial charge in [-0.05, 0) is 31.5 Å². The number of carbonyl (C=O) groups excluding carboxylic acids is 2. The molecule has 0 unspecified atom stereocenters. The molecule has 0 atom stereocenters. The molecule has 0 aliphatic rings. The molecular formula is C20H19F2N3O3S. The number of aromatic nitrogens is 2. The number of carbonyl (C=O) groups is 2. The fourth-order valence-electron chi connectivity index (χ4n) is 2.72. The molecule has 0 saturated heterocycles. The highest BCUT2D eigenvalue weighted by atomic mass is 32.2. The summed E-state index contributed by atoms with van der Waals surface area (Å²) >= 11 is 1.27. The predicted octanol–water partition coefficient (Wildman–Crippen LogP) is 4.72. The summed E-state index contributed by atoms with van der Waals surface area (Å²) < 4.78 is 37.0. The minimum Gasteiger partial charge on any atom is -0.462 e. The average Bonchev–Trinajstić information content (AvgIpc) is 3.13. The molecule has 2 N–H and O–H groups in total. The van der Waals surface area contributed by atoms with Crippen molar-refractivity contribution in [2.24, 2.45) is 0 Å². The number of benzene rings is 1. The monoisotopic (exact) mass is 419 g/mol. The molecule has 0 spiro atoms. The molecule has 2 aromatic heterocycles. The molecular weight excluding hydrogens is 400 g/mol. The number of fused-ring (bicyclic) bond motifs is 1. The number of nitrogens with zero attached hydrogens (tertiary/aromatic N) is 1. The number of esters is 1. The van der Waals surface area contributed by atoms with Gasteiger partial charge in [-0.1, -0.05) is 18.9 Å². The minimum atomic E-state index is -0.970. The van der Waals surface area contributed by atoms with Crippen LogP contribution in [0.4, 0.5) is 14.5 Å². The van der Waals surface area contributed by atoms with E-state index >= 15 is 0 Å². The van der Waals surface area contributed by atoms with Crippen molar-refractivity contribution in [2.45, 2.75) is 20.3 Å². The van der Waals surface area contributed by atoms with Crippen LogP contribution in [0.2, 0.25) is 0 Å². The molecule has 0 fully saturated rings. The number of ketones is 1. The second kappa shape index (κ2) is 9.04. The Balaban J connectivity index is 2.02. The lowest BCUT2D eigenvalue weighted by Gasteiger charge is -2.10. The van der Waals surface area contributed by atoms with E-state index in [1.54, 1.807) is 6.92 Å². The molecule has 0 bridgehead atoms. The minimum absolute atomic E-state index is 0.00908. The summed E-state index contributed by atoms with van der Waals surface area (Å²) in [5.41, 5.74) is -0.182. The van der Waals surface area contributed by atoms with E-state index in [0.29, 0.717) is 5.65 Å². The lowest BCUT2D eigenvalue weighted by molar-refractivity contribution is 0.0526. The van der Waals surface area contributed by atoms with Crippen LogP contribution in [0.3, 0.4) is 0 Å². The van der Waals surface area contributed by atoms with Crippen molar-refractivity contribution < 1.29 is 23.1 Å². The van der Waals surface area contributed by atoms with Crippen LogP contribution in [0.15, 0.2) is 30.6 Å². The number of hydrogen-bond acceptors (Lipinski definition) is 6. The maximum absolute atomic E-state index is 14.9. The number of aromatic amines is 1. The Morgan fingerprint density at radius 3 is 2.79 bits per heavy atom. The standard InChI is InChI=1S/C20H19F2N3O3S/c1-3-7-29-25-15-6-5-14(21)16(17(15)22)18(26)13-10-24-19-12(13)8-11(9-23-19)20(27)28-4-2/h5-6,8-10,25H,3-4,7H2,1-2H3,(H,23,24). The summed E-state index contributed by atoms with van der Waals surface area (Å²) in [5.74, 6) is -2.66. The van der Waals surface area contributed by atoms with Crippen molar-refractivity contribution in [3.05, 3.63) is 58.9 Å². The molecule has 1 aromatic carbocycles. The second-order valence-electron chi connectivity index (χ2n) is 6.11. The van der Waals surface area contributed by atoms with Gasteiger partial charge in [0.25, 0.3) is 0 Å². The largest absolute Gasteiger partial charge is 0.462 e. The first kappa shape index (κ1) is 20.8. The van der Waals surface area contributed by atoms with E-state index in [1.165, 1.54) is 36.5 Å². The van der Waals surface area contributed by atoms with Crippen molar-refractivity contribution in [1.29, 1.82) is 0 Å². The molecule has 0 amide bonds. The van der Waals surface area contributed by atoms with Crippen molar-refractivity contribution in [2.75, 3.05) is 17.1 Å². The number of anilines is 1. The van der Waals surface area contributed by atoms with E-state index < -0.39 is 29.0 Å². The van der Waals surface area contributed by atoms with Gasteiger partial charge >= 0.3 is 5.97 Å². The third-order valence-corrected chi connectivity index (χ3v) is 5.07. The summed E-state index contributed by atoms with van der Waals surface area (Å²) in [6.07, 6.45) is 3.50. The topological polar surface area (TPSA) is 84.1 Å². The van der Waals surface area contributed by atoms with E-state index in [-0.39, 0.29) is 28.8 Å². The van der Waals surface area contributed by atoms with Gasteiger partial charge < -0.3 is 14.4 Å². The van der Waals surface area contributed by atoms with Crippen LogP contribution < -0.4 is 4.72 Å². The van der Waals surface area contributed by atoms with E-state index in [4.69, 9.17) is 4.74 Å². The number of rotatable bonds is 8. The molecule has 0 radical (unpaired) electrons. The molecule has 0 aliphatic carbocycles. The van der Waals surface area contributed by atoms with Crippen LogP contribution in [0, 0.1) is 11.6 Å². The lowest BCUT2D eigenvalue weighted by atomic mass is 10.0. The summed E-state index contributed by atoms with van der Waals surface area (Å²) in [4.78, 5) is 31.8. The normalized spacial score (nSPS) is 10.9. The Hall–Kier alpha value is -2.94. The zero-order valence-electron chi connectivity index (χ0n) is 15.8. The fraction of sp³-hybridized carbons (Fsp3) is 0.250. The van der Waals surface area contributed by atoms with Crippen LogP contribution in [0.1, 0.15) is 46.5 Å². The van der Waals surface area contributed by atoms with Crippen molar-refractivity contribution in [3.63, 3.8) is 0 Å². The fourth-order valence-corrected chi connectivity index (χ4v) is 3.34. The Morgan fingerprint density at radius 2 is 2.07 bits per heavy atom. The number of pyridine rings is 1. The van der Waals surface area contributed by atoms with Gasteiger partial charge in [-0.2, -0.15) is 0 Å². The van der Waals surface area contributed by atoms with Crippen molar-refractivity contribution in [1.82, 2.24) is 9.97 Å². The highest BCUT2D eigenvalue weighted by molar-refractivity contribution is 8.00. The number of nitrogens with one attached hydrogen (secondary N) is 2. The van der Waals surface area contributed by atoms with Crippen LogP contribution in [0.25, 0.3) is 11.0 Å². The van der Waals surface area contributed by atoms with Crippen LogP contribution in [-0.2, 0) is 4.74 Å². The maximum atomic E-state index is 14.9. The van der Waals surface area contributed by atoms with Gasteiger partial charge in [0, 0.05) is 29.1 Å². The Morgan fingerprint density at radius 1 is 1.28 bits per heavy atom. The third-order valence-electron chi connectivity index (χ3n) is 4.09. The van der Waals surface area contributed by atoms with Crippen LogP contribution in [-0.4, -0.2) is 34.1 Å². The molecule has 29 heavy (non-hydrogen) atoms. The summed E-state index contributed by atoms with van der Waals surface area (Å²) in [6.45, 7) is 3.82. The van der Waals surface area contributed by atoms with E-state index in [2.05, 4.69) is 14.7 Å². The molecule has 0 aliphatic heterocycles. The van der Waals surface area contributed by atoms with Gasteiger partial charge in [0.2, 0.25) is 5.78 Å². The molecule has 3 aromatic rings. The van der Waals surface area contributed by atoms with Gasteiger partial charge in [-0.3, -0.25) is 4.79 Å². The quantitative estimate of drug-likeness (QED) is 0.238. The molecule has 6 nitrogen and oxygen atoms in total. The number of halogens is 2. The van der Waals surface area contributed by atoms with Gasteiger partial charge in [-0.25, -0.2) is 18.6 Å². The summed E-state index contributed by atoms with van der Waals surface area (Å²) in [5, 5.41) is 0.276. The molecule has 0 saturated carbocycles. The Bertz CT molecular complexity index is 1070. The van der Waals surface area contributed by atoms with Gasteiger partial charge in [0.05, 0.1) is 23.4 Å². The third kappa shape index (κ3) is 4.24. The second-order valence-corrected chi connectivity index (χ2v) is 7.01. The predicted molar refractivity (Wildman–Crippen MR) is 108 cm³/mol. The van der Waals surface area contributed by atoms with Gasteiger partial charge in [-0.15, -0.1) is 0 Å². The van der Waals surface area contributed by atoms with E-state index in [0.717, 1.165) is 18.2 Å². The lowest BCUT2D eigenvalue weighted by Crippen LogP contribution is -2.09. The van der Waals surface area contributed by atoms with Crippen LogP contribution >= 0.6 is 11.9 Å². The van der Waals surface area contributed by atoms with Gasteiger partial charge in [0.1, 0.15) is 11.5 Å². The first-order valence-electron chi connectivity index (χ1n) is 9.02. The SMILES string of the molecule is CCCSNc1ccc(F)c(C(=O)c2c[nH]c3ncc(C(=O)OCC)cc23)c1F. The number of H-pyrrole nitrogens is 1. The number of ether oxygens (including phenoxy) is 1. The van der Waals surface area contributed by atoms with Crippen LogP contribution in [0.5, 0.6) is 0 Å². The molecule has 9 heteroatoms.